The predicted octanol–water partition coefficient (Wildman–Crippen LogP) is 2.71. The Morgan fingerprint density at radius 1 is 1.00 bits per heavy atom. The summed E-state index contributed by atoms with van der Waals surface area (Å²) in [6.45, 7) is 10.5. The molecule has 0 heterocycles. The molecule has 0 unspecified atom stereocenters. The average Bonchev–Trinajstić information content (AvgIpc) is 2.24. The van der Waals surface area contributed by atoms with E-state index in [1.807, 2.05) is 0 Å². The quantitative estimate of drug-likeness (QED) is 0.578. The fraction of sp³-hybridized carbons (Fsp3) is 0.929. The summed E-state index contributed by atoms with van der Waals surface area (Å²) in [6.07, 6.45) is 5.30. The van der Waals surface area contributed by atoms with Crippen LogP contribution in [0.4, 0.5) is 0 Å². The van der Waals surface area contributed by atoms with E-state index in [1.54, 1.807) is 0 Å². The van der Waals surface area contributed by atoms with E-state index in [4.69, 9.17) is 0 Å². The van der Waals surface area contributed by atoms with Gasteiger partial charge in [0.25, 0.3) is 0 Å². The molecule has 0 fully saturated rings. The topological polar surface area (TPSA) is 41.1 Å². The van der Waals surface area contributed by atoms with Crippen LogP contribution in [-0.4, -0.2) is 25.0 Å². The Balaban J connectivity index is 3.19. The SMILES string of the molecule is CC(C)CNC(=O)CCCCCCNC(C)C. The summed E-state index contributed by atoms with van der Waals surface area (Å²) >= 11 is 0. The van der Waals surface area contributed by atoms with Gasteiger partial charge in [-0.1, -0.05) is 40.5 Å². The molecule has 0 saturated heterocycles. The molecule has 0 aliphatic heterocycles. The van der Waals surface area contributed by atoms with Crippen LogP contribution in [0.3, 0.4) is 0 Å². The molecule has 0 spiro atoms. The molecule has 102 valence electrons. The molecule has 17 heavy (non-hydrogen) atoms. The number of hydrogen-bond donors (Lipinski definition) is 2. The second-order valence-corrected chi connectivity index (χ2v) is 5.47. The Bertz CT molecular complexity index is 191. The van der Waals surface area contributed by atoms with Crippen LogP contribution in [0.25, 0.3) is 0 Å². The smallest absolute Gasteiger partial charge is 0.220 e. The van der Waals surface area contributed by atoms with Crippen molar-refractivity contribution in [2.75, 3.05) is 13.1 Å². The van der Waals surface area contributed by atoms with Crippen LogP contribution in [0.15, 0.2) is 0 Å². The maximum atomic E-state index is 11.4. The average molecular weight is 242 g/mol. The number of nitrogens with one attached hydrogen (secondary N) is 2. The van der Waals surface area contributed by atoms with Crippen LogP contribution in [0.1, 0.15) is 59.8 Å². The lowest BCUT2D eigenvalue weighted by Gasteiger charge is -2.08. The fourth-order valence-corrected chi connectivity index (χ4v) is 1.56. The van der Waals surface area contributed by atoms with Gasteiger partial charge in [-0.05, 0) is 25.3 Å². The van der Waals surface area contributed by atoms with E-state index in [9.17, 15) is 4.79 Å². The maximum Gasteiger partial charge on any atom is 0.220 e. The summed E-state index contributed by atoms with van der Waals surface area (Å²) in [5.41, 5.74) is 0. The Morgan fingerprint density at radius 3 is 2.24 bits per heavy atom. The van der Waals surface area contributed by atoms with E-state index in [0.29, 0.717) is 18.4 Å². The first kappa shape index (κ1) is 16.4. The van der Waals surface area contributed by atoms with E-state index >= 15 is 0 Å². The predicted molar refractivity (Wildman–Crippen MR) is 74.1 cm³/mol. The molecular weight excluding hydrogens is 212 g/mol. The highest BCUT2D eigenvalue weighted by molar-refractivity contribution is 5.75. The van der Waals surface area contributed by atoms with Gasteiger partial charge in [0.1, 0.15) is 0 Å². The van der Waals surface area contributed by atoms with Crippen molar-refractivity contribution in [3.63, 3.8) is 0 Å². The fourth-order valence-electron chi connectivity index (χ4n) is 1.56. The molecule has 2 N–H and O–H groups in total. The van der Waals surface area contributed by atoms with Crippen molar-refractivity contribution < 1.29 is 4.79 Å². The van der Waals surface area contributed by atoms with Gasteiger partial charge >= 0.3 is 0 Å². The molecule has 0 aliphatic carbocycles. The van der Waals surface area contributed by atoms with Gasteiger partial charge < -0.3 is 10.6 Å². The molecule has 0 radical (unpaired) electrons. The van der Waals surface area contributed by atoms with Gasteiger partial charge in [-0.25, -0.2) is 0 Å². The number of carbonyl (C=O) groups excluding carboxylic acids is 1. The van der Waals surface area contributed by atoms with Crippen molar-refractivity contribution in [3.05, 3.63) is 0 Å². The molecular formula is C14H30N2O. The lowest BCUT2D eigenvalue weighted by molar-refractivity contribution is -0.121. The summed E-state index contributed by atoms with van der Waals surface area (Å²) in [6, 6.07) is 0.580. The number of rotatable bonds is 10. The lowest BCUT2D eigenvalue weighted by atomic mass is 10.1. The summed E-state index contributed by atoms with van der Waals surface area (Å²) in [5.74, 6) is 0.750. The Hall–Kier alpha value is -0.570. The molecule has 3 heteroatoms. The van der Waals surface area contributed by atoms with Gasteiger partial charge in [0, 0.05) is 19.0 Å². The maximum absolute atomic E-state index is 11.4. The third kappa shape index (κ3) is 13.4. The van der Waals surface area contributed by atoms with Crippen molar-refractivity contribution in [2.45, 2.75) is 65.8 Å². The monoisotopic (exact) mass is 242 g/mol. The van der Waals surface area contributed by atoms with E-state index in [1.165, 1.54) is 12.8 Å². The van der Waals surface area contributed by atoms with Crippen LogP contribution < -0.4 is 10.6 Å². The Labute approximate surface area is 107 Å². The summed E-state index contributed by atoms with van der Waals surface area (Å²) in [7, 11) is 0. The molecule has 1 amide bonds. The molecule has 3 nitrogen and oxygen atoms in total. The van der Waals surface area contributed by atoms with Gasteiger partial charge in [0.05, 0.1) is 0 Å². The minimum absolute atomic E-state index is 0.207. The van der Waals surface area contributed by atoms with Crippen molar-refractivity contribution in [1.29, 1.82) is 0 Å². The van der Waals surface area contributed by atoms with Crippen molar-refractivity contribution in [2.24, 2.45) is 5.92 Å². The van der Waals surface area contributed by atoms with E-state index < -0.39 is 0 Å². The summed E-state index contributed by atoms with van der Waals surface area (Å²) in [4.78, 5) is 11.4. The highest BCUT2D eigenvalue weighted by Crippen LogP contribution is 2.02. The number of hydrogen-bond acceptors (Lipinski definition) is 2. The van der Waals surface area contributed by atoms with Crippen LogP contribution in [-0.2, 0) is 4.79 Å². The lowest BCUT2D eigenvalue weighted by Crippen LogP contribution is -2.26. The van der Waals surface area contributed by atoms with Crippen molar-refractivity contribution in [3.8, 4) is 0 Å². The molecule has 0 atom stereocenters. The number of amides is 1. The first-order chi connectivity index (χ1) is 8.02. The van der Waals surface area contributed by atoms with Gasteiger partial charge in [-0.2, -0.15) is 0 Å². The Kier molecular flexibility index (Phi) is 10.2. The second kappa shape index (κ2) is 10.6. The highest BCUT2D eigenvalue weighted by Gasteiger charge is 2.01. The molecule has 0 aromatic rings. The van der Waals surface area contributed by atoms with Gasteiger partial charge in [-0.3, -0.25) is 4.79 Å². The number of unbranched alkanes of at least 4 members (excludes halogenated alkanes) is 3. The van der Waals surface area contributed by atoms with Crippen LogP contribution in [0.2, 0.25) is 0 Å². The van der Waals surface area contributed by atoms with Crippen LogP contribution in [0.5, 0.6) is 0 Å². The molecule has 0 bridgehead atoms. The normalized spacial score (nSPS) is 11.2. The minimum atomic E-state index is 0.207. The third-order valence-corrected chi connectivity index (χ3v) is 2.59. The van der Waals surface area contributed by atoms with E-state index in [-0.39, 0.29) is 5.91 Å². The highest BCUT2D eigenvalue weighted by atomic mass is 16.1. The zero-order valence-electron chi connectivity index (χ0n) is 12.0. The first-order valence-corrected chi connectivity index (χ1v) is 7.02. The van der Waals surface area contributed by atoms with Crippen molar-refractivity contribution in [1.82, 2.24) is 10.6 Å². The third-order valence-electron chi connectivity index (χ3n) is 2.59. The zero-order chi connectivity index (χ0) is 13.1. The van der Waals surface area contributed by atoms with Crippen LogP contribution in [0, 0.1) is 5.92 Å². The van der Waals surface area contributed by atoms with Crippen LogP contribution >= 0.6 is 0 Å². The first-order valence-electron chi connectivity index (χ1n) is 7.02. The van der Waals surface area contributed by atoms with Gasteiger partial charge in [0.15, 0.2) is 0 Å². The standard InChI is InChI=1S/C14H30N2O/c1-12(2)11-16-14(17)9-7-5-6-8-10-15-13(3)4/h12-13,15H,5-11H2,1-4H3,(H,16,17). The second-order valence-electron chi connectivity index (χ2n) is 5.47. The molecule has 0 rings (SSSR count). The van der Waals surface area contributed by atoms with Crippen molar-refractivity contribution >= 4 is 5.91 Å². The number of carbonyl (C=O) groups is 1. The summed E-state index contributed by atoms with van der Waals surface area (Å²) < 4.78 is 0. The zero-order valence-corrected chi connectivity index (χ0v) is 12.0. The van der Waals surface area contributed by atoms with Gasteiger partial charge in [0.2, 0.25) is 5.91 Å². The Morgan fingerprint density at radius 2 is 1.65 bits per heavy atom. The minimum Gasteiger partial charge on any atom is -0.356 e. The molecule has 0 aromatic heterocycles. The van der Waals surface area contributed by atoms with Gasteiger partial charge in [-0.15, -0.1) is 0 Å². The largest absolute Gasteiger partial charge is 0.356 e. The summed E-state index contributed by atoms with van der Waals surface area (Å²) in [5, 5.41) is 6.35. The molecule has 0 aromatic carbocycles. The molecule has 0 aliphatic rings. The molecule has 0 saturated carbocycles. The van der Waals surface area contributed by atoms with E-state index in [0.717, 1.165) is 25.9 Å². The van der Waals surface area contributed by atoms with E-state index in [2.05, 4.69) is 38.3 Å².